The number of hydrogen-bond acceptors (Lipinski definition) is 5. The number of hydrogen-bond donors (Lipinski definition) is 3. The van der Waals surface area contributed by atoms with Gasteiger partial charge in [0.05, 0.1) is 4.90 Å². The van der Waals surface area contributed by atoms with Crippen LogP contribution in [0.5, 0.6) is 0 Å². The molecule has 30 heavy (non-hydrogen) atoms. The van der Waals surface area contributed by atoms with Crippen LogP contribution in [0.2, 0.25) is 0 Å². The number of primary sulfonamides is 1. The highest BCUT2D eigenvalue weighted by Gasteiger charge is 2.24. The van der Waals surface area contributed by atoms with Crippen LogP contribution in [-0.2, 0) is 26.2 Å². The summed E-state index contributed by atoms with van der Waals surface area (Å²) in [7, 11) is -3.80. The Balaban J connectivity index is 1.77. The van der Waals surface area contributed by atoms with Crippen LogP contribution in [0.15, 0.2) is 83.8 Å². The molecule has 8 nitrogen and oxygen atoms in total. The number of nitrogens with one attached hydrogen (secondary N) is 1. The highest BCUT2D eigenvalue weighted by Crippen LogP contribution is 2.26. The minimum Gasteiger partial charge on any atom is -0.399 e. The fourth-order valence-corrected chi connectivity index (χ4v) is 3.26. The van der Waals surface area contributed by atoms with Crippen molar-refractivity contribution in [1.82, 2.24) is 5.32 Å². The Morgan fingerprint density at radius 1 is 0.833 bits per heavy atom. The maximum atomic E-state index is 12.9. The molecule has 0 aliphatic heterocycles. The summed E-state index contributed by atoms with van der Waals surface area (Å²) >= 11 is 0. The Labute approximate surface area is 174 Å². The van der Waals surface area contributed by atoms with Crippen LogP contribution in [-0.4, -0.2) is 20.2 Å². The van der Waals surface area contributed by atoms with E-state index >= 15 is 0 Å². The van der Waals surface area contributed by atoms with E-state index in [-0.39, 0.29) is 11.4 Å². The third kappa shape index (κ3) is 5.02. The summed E-state index contributed by atoms with van der Waals surface area (Å²) in [6, 6.07) is 21.1. The molecule has 2 amide bonds. The van der Waals surface area contributed by atoms with Gasteiger partial charge in [0, 0.05) is 23.6 Å². The summed E-state index contributed by atoms with van der Waals surface area (Å²) in [4.78, 5) is 26.7. The second kappa shape index (κ2) is 8.76. The van der Waals surface area contributed by atoms with Gasteiger partial charge >= 0.3 is 11.8 Å². The van der Waals surface area contributed by atoms with Crippen LogP contribution in [0.25, 0.3) is 0 Å². The number of nitrogens with zero attached hydrogens (tertiary/aromatic N) is 1. The van der Waals surface area contributed by atoms with Crippen molar-refractivity contribution in [3.05, 3.63) is 84.4 Å². The van der Waals surface area contributed by atoms with Gasteiger partial charge in [0.25, 0.3) is 0 Å². The number of carbonyl (C=O) groups excluding carboxylic acids is 2. The van der Waals surface area contributed by atoms with Gasteiger partial charge in [0.15, 0.2) is 0 Å². The smallest absolute Gasteiger partial charge is 0.320 e. The van der Waals surface area contributed by atoms with Gasteiger partial charge in [-0.05, 0) is 54.1 Å². The zero-order valence-corrected chi connectivity index (χ0v) is 16.7. The Hall–Kier alpha value is -3.69. The summed E-state index contributed by atoms with van der Waals surface area (Å²) in [5.74, 6) is -1.58. The Morgan fingerprint density at radius 3 is 1.97 bits per heavy atom. The average molecular weight is 424 g/mol. The van der Waals surface area contributed by atoms with Gasteiger partial charge in [-0.2, -0.15) is 0 Å². The van der Waals surface area contributed by atoms with Crippen molar-refractivity contribution in [1.29, 1.82) is 0 Å². The lowest BCUT2D eigenvalue weighted by Gasteiger charge is -2.22. The number of nitrogens with two attached hydrogens (primary N) is 2. The van der Waals surface area contributed by atoms with Crippen LogP contribution in [0, 0.1) is 0 Å². The largest absolute Gasteiger partial charge is 0.399 e. The van der Waals surface area contributed by atoms with Gasteiger partial charge in [-0.3, -0.25) is 14.5 Å². The predicted octanol–water partition coefficient (Wildman–Crippen LogP) is 1.90. The van der Waals surface area contributed by atoms with Crippen molar-refractivity contribution in [2.45, 2.75) is 11.4 Å². The number of para-hydroxylation sites is 1. The number of carbonyl (C=O) groups is 2. The van der Waals surface area contributed by atoms with Crippen molar-refractivity contribution < 1.29 is 18.0 Å². The number of rotatable bonds is 5. The maximum Gasteiger partial charge on any atom is 0.320 e. The lowest BCUT2D eigenvalue weighted by atomic mass is 10.2. The zero-order chi connectivity index (χ0) is 21.7. The van der Waals surface area contributed by atoms with Crippen LogP contribution >= 0.6 is 0 Å². The van der Waals surface area contributed by atoms with Gasteiger partial charge in [-0.1, -0.05) is 30.3 Å². The molecular weight excluding hydrogens is 404 g/mol. The molecule has 0 bridgehead atoms. The first-order chi connectivity index (χ1) is 14.3. The molecule has 0 unspecified atom stereocenters. The van der Waals surface area contributed by atoms with E-state index in [9.17, 15) is 18.0 Å². The lowest BCUT2D eigenvalue weighted by Crippen LogP contribution is -2.40. The van der Waals surface area contributed by atoms with Crippen LogP contribution < -0.4 is 21.1 Å². The van der Waals surface area contributed by atoms with E-state index in [4.69, 9.17) is 10.9 Å². The number of benzene rings is 3. The average Bonchev–Trinajstić information content (AvgIpc) is 2.74. The molecule has 9 heteroatoms. The standard InChI is InChI=1S/C21H20N4O4S/c22-16-8-10-18(11-9-16)25(17-4-2-1-3-5-17)21(27)20(26)24-14-15-6-12-19(13-7-15)30(23,28)29/h1-13H,14,22H2,(H,24,26)(H2,23,28,29). The van der Waals surface area contributed by atoms with E-state index in [1.807, 2.05) is 0 Å². The topological polar surface area (TPSA) is 136 Å². The third-order valence-corrected chi connectivity index (χ3v) is 5.20. The molecule has 0 heterocycles. The van der Waals surface area contributed by atoms with Crippen molar-refractivity contribution in [3.63, 3.8) is 0 Å². The molecule has 0 aromatic heterocycles. The third-order valence-electron chi connectivity index (χ3n) is 4.27. The summed E-state index contributed by atoms with van der Waals surface area (Å²) < 4.78 is 22.6. The first-order valence-electron chi connectivity index (χ1n) is 8.90. The molecule has 5 N–H and O–H groups in total. The molecule has 0 aliphatic rings. The van der Waals surface area contributed by atoms with Crippen LogP contribution in [0.1, 0.15) is 5.56 Å². The van der Waals surface area contributed by atoms with Gasteiger partial charge in [-0.15, -0.1) is 0 Å². The summed E-state index contributed by atoms with van der Waals surface area (Å²) in [6.45, 7) is 0.0415. The van der Waals surface area contributed by atoms with Crippen molar-refractivity contribution in [3.8, 4) is 0 Å². The number of anilines is 3. The number of sulfonamides is 1. The highest BCUT2D eigenvalue weighted by molar-refractivity contribution is 7.89. The second-order valence-electron chi connectivity index (χ2n) is 6.44. The first-order valence-corrected chi connectivity index (χ1v) is 10.4. The lowest BCUT2D eigenvalue weighted by molar-refractivity contribution is -0.137. The fraction of sp³-hybridized carbons (Fsp3) is 0.0476. The number of nitrogen functional groups attached to an aromatic ring is 1. The molecule has 0 radical (unpaired) electrons. The van der Waals surface area contributed by atoms with Crippen LogP contribution in [0.3, 0.4) is 0 Å². The van der Waals surface area contributed by atoms with E-state index < -0.39 is 21.8 Å². The van der Waals surface area contributed by atoms with Gasteiger partial charge in [-0.25, -0.2) is 13.6 Å². The Kier molecular flexibility index (Phi) is 6.14. The second-order valence-corrected chi connectivity index (χ2v) is 8.00. The molecular formula is C21H20N4O4S. The minimum absolute atomic E-state index is 0.0349. The quantitative estimate of drug-likeness (QED) is 0.425. The minimum atomic E-state index is -3.80. The molecule has 0 atom stereocenters. The maximum absolute atomic E-state index is 12.9. The molecule has 0 aliphatic carbocycles. The molecule has 0 saturated heterocycles. The molecule has 3 aromatic carbocycles. The summed E-state index contributed by atoms with van der Waals surface area (Å²) in [5.41, 5.74) is 7.89. The molecule has 0 spiro atoms. The van der Waals surface area contributed by atoms with Crippen molar-refractivity contribution in [2.75, 3.05) is 10.6 Å². The molecule has 3 rings (SSSR count). The highest BCUT2D eigenvalue weighted by atomic mass is 32.2. The SMILES string of the molecule is Nc1ccc(N(C(=O)C(=O)NCc2ccc(S(N)(=O)=O)cc2)c2ccccc2)cc1. The normalized spacial score (nSPS) is 11.0. The van der Waals surface area contributed by atoms with Crippen LogP contribution in [0.4, 0.5) is 17.1 Å². The van der Waals surface area contributed by atoms with Crippen molar-refractivity contribution in [2.24, 2.45) is 5.14 Å². The molecule has 3 aromatic rings. The monoisotopic (exact) mass is 424 g/mol. The van der Waals surface area contributed by atoms with Gasteiger partial charge < -0.3 is 11.1 Å². The van der Waals surface area contributed by atoms with Crippen molar-refractivity contribution >= 4 is 38.9 Å². The first kappa shape index (κ1) is 21.0. The van der Waals surface area contributed by atoms with Gasteiger partial charge in [0.2, 0.25) is 10.0 Å². The van der Waals surface area contributed by atoms with E-state index in [1.165, 1.54) is 29.2 Å². The molecule has 0 saturated carbocycles. The summed E-state index contributed by atoms with van der Waals surface area (Å²) in [6.07, 6.45) is 0. The van der Waals surface area contributed by atoms with Gasteiger partial charge in [0.1, 0.15) is 0 Å². The Morgan fingerprint density at radius 2 is 1.40 bits per heavy atom. The Bertz CT molecular complexity index is 1150. The molecule has 0 fully saturated rings. The fourth-order valence-electron chi connectivity index (χ4n) is 2.74. The van der Waals surface area contributed by atoms with E-state index in [0.717, 1.165) is 0 Å². The zero-order valence-electron chi connectivity index (χ0n) is 15.9. The molecule has 154 valence electrons. The van der Waals surface area contributed by atoms with E-state index in [0.29, 0.717) is 22.6 Å². The van der Waals surface area contributed by atoms with E-state index in [2.05, 4.69) is 5.32 Å². The number of amides is 2. The summed E-state index contributed by atoms with van der Waals surface area (Å²) in [5, 5.41) is 7.62. The predicted molar refractivity (Wildman–Crippen MR) is 114 cm³/mol. The van der Waals surface area contributed by atoms with E-state index in [1.54, 1.807) is 54.6 Å².